The van der Waals surface area contributed by atoms with Crippen molar-refractivity contribution < 1.29 is 31.1 Å². The molecule has 0 spiro atoms. The van der Waals surface area contributed by atoms with Crippen molar-refractivity contribution in [3.63, 3.8) is 0 Å². The van der Waals surface area contributed by atoms with E-state index in [0.29, 0.717) is 6.07 Å². The van der Waals surface area contributed by atoms with Crippen LogP contribution in [0.15, 0.2) is 18.2 Å². The molecule has 1 nitrogen and oxygen atoms in total. The Bertz CT molecular complexity index is 379. The lowest BCUT2D eigenvalue weighted by Crippen LogP contribution is -2.17. The highest BCUT2D eigenvalue weighted by Crippen LogP contribution is 2.44. The first-order chi connectivity index (χ1) is 7.18. The first-order valence-electron chi connectivity index (χ1n) is 3.99. The molecule has 0 unspecified atom stereocenters. The van der Waals surface area contributed by atoms with Crippen molar-refractivity contribution in [1.29, 1.82) is 0 Å². The van der Waals surface area contributed by atoms with Crippen molar-refractivity contribution in [2.45, 2.75) is 12.4 Å². The first-order valence-corrected chi connectivity index (χ1v) is 3.99. The van der Waals surface area contributed by atoms with Gasteiger partial charge in [-0.3, -0.25) is 0 Å². The second kappa shape index (κ2) is 3.88. The largest absolute Gasteiger partial charge is 0.496 e. The molecule has 0 saturated carbocycles. The predicted octanol–water partition coefficient (Wildman–Crippen LogP) is 3.73. The molecule has 0 atom stereocenters. The average molecular weight is 244 g/mol. The van der Waals surface area contributed by atoms with Gasteiger partial charge in [0, 0.05) is 0 Å². The van der Waals surface area contributed by atoms with Crippen molar-refractivity contribution in [2.24, 2.45) is 0 Å². The van der Waals surface area contributed by atoms with E-state index in [4.69, 9.17) is 0 Å². The van der Waals surface area contributed by atoms with E-state index in [-0.39, 0.29) is 0 Å². The number of hydrogen-bond acceptors (Lipinski definition) is 1. The van der Waals surface area contributed by atoms with Crippen molar-refractivity contribution in [3.05, 3.63) is 29.3 Å². The lowest BCUT2D eigenvalue weighted by atomic mass is 10.1. The van der Waals surface area contributed by atoms with Crippen LogP contribution >= 0.6 is 0 Å². The van der Waals surface area contributed by atoms with Crippen LogP contribution in [0.2, 0.25) is 0 Å². The van der Waals surface area contributed by atoms with E-state index in [0.717, 1.165) is 19.2 Å². The molecule has 0 bridgehead atoms. The summed E-state index contributed by atoms with van der Waals surface area (Å²) in [7, 11) is 0.880. The summed E-state index contributed by atoms with van der Waals surface area (Å²) in [6.45, 7) is 0. The van der Waals surface area contributed by atoms with Gasteiger partial charge in [0.1, 0.15) is 11.3 Å². The zero-order chi connectivity index (χ0) is 12.6. The lowest BCUT2D eigenvalue weighted by molar-refractivity contribution is -0.162. The Balaban J connectivity index is 3.51. The van der Waals surface area contributed by atoms with E-state index in [9.17, 15) is 26.3 Å². The second-order valence-corrected chi connectivity index (χ2v) is 2.88. The summed E-state index contributed by atoms with van der Waals surface area (Å²) in [5.74, 6) is -0.845. The topological polar surface area (TPSA) is 9.23 Å². The molecule has 0 aromatic heterocycles. The van der Waals surface area contributed by atoms with Gasteiger partial charge in [0.25, 0.3) is 0 Å². The number of alkyl halides is 6. The van der Waals surface area contributed by atoms with Crippen molar-refractivity contribution in [3.8, 4) is 5.75 Å². The Morgan fingerprint density at radius 1 is 0.938 bits per heavy atom. The minimum atomic E-state index is -5.11. The van der Waals surface area contributed by atoms with Crippen molar-refractivity contribution >= 4 is 0 Å². The summed E-state index contributed by atoms with van der Waals surface area (Å²) >= 11 is 0. The Kier molecular flexibility index (Phi) is 3.07. The van der Waals surface area contributed by atoms with Gasteiger partial charge in [-0.15, -0.1) is 0 Å². The van der Waals surface area contributed by atoms with Crippen LogP contribution in [-0.2, 0) is 12.4 Å². The molecule has 0 aliphatic carbocycles. The lowest BCUT2D eigenvalue weighted by Gasteiger charge is -2.17. The van der Waals surface area contributed by atoms with Gasteiger partial charge in [-0.1, -0.05) is 6.07 Å². The van der Waals surface area contributed by atoms with E-state index in [1.165, 1.54) is 0 Å². The van der Waals surface area contributed by atoms with Gasteiger partial charge in [0.2, 0.25) is 0 Å². The van der Waals surface area contributed by atoms with Crippen molar-refractivity contribution in [2.75, 3.05) is 7.11 Å². The van der Waals surface area contributed by atoms with Gasteiger partial charge >= 0.3 is 12.4 Å². The van der Waals surface area contributed by atoms with Crippen LogP contribution in [-0.4, -0.2) is 7.11 Å². The van der Waals surface area contributed by atoms with Gasteiger partial charge < -0.3 is 4.74 Å². The quantitative estimate of drug-likeness (QED) is 0.684. The average Bonchev–Trinajstić information content (AvgIpc) is 2.13. The molecule has 0 fully saturated rings. The molecular formula is C9H6F6O. The molecule has 0 N–H and O–H groups in total. The number of rotatable bonds is 1. The van der Waals surface area contributed by atoms with E-state index in [1.807, 2.05) is 0 Å². The number of halogens is 6. The summed E-state index contributed by atoms with van der Waals surface area (Å²) < 4.78 is 78.6. The van der Waals surface area contributed by atoms with Gasteiger partial charge in [-0.25, -0.2) is 0 Å². The molecule has 0 radical (unpaired) electrons. The number of methoxy groups -OCH3 is 1. The molecule has 0 aliphatic rings. The smallest absolute Gasteiger partial charge is 0.420 e. The maximum atomic E-state index is 12.4. The number of benzene rings is 1. The summed E-state index contributed by atoms with van der Waals surface area (Å²) in [5, 5.41) is 0. The second-order valence-electron chi connectivity index (χ2n) is 2.88. The summed E-state index contributed by atoms with van der Waals surface area (Å²) in [5.41, 5.74) is -3.55. The Labute approximate surface area is 86.6 Å². The van der Waals surface area contributed by atoms with Gasteiger partial charge in [0.15, 0.2) is 0 Å². The minimum Gasteiger partial charge on any atom is -0.496 e. The molecular weight excluding hydrogens is 238 g/mol. The monoisotopic (exact) mass is 244 g/mol. The molecule has 0 saturated heterocycles. The summed E-state index contributed by atoms with van der Waals surface area (Å²) in [6, 6.07) is 2.06. The predicted molar refractivity (Wildman–Crippen MR) is 43.0 cm³/mol. The summed E-state index contributed by atoms with van der Waals surface area (Å²) in [4.78, 5) is 0. The maximum Gasteiger partial charge on any atom is 0.420 e. The third-order valence-electron chi connectivity index (χ3n) is 1.84. The maximum absolute atomic E-state index is 12.4. The number of hydrogen-bond donors (Lipinski definition) is 0. The SMILES string of the molecule is COc1cccc(C(F)(F)F)c1C(F)(F)F. The standard InChI is InChI=1S/C9H6F6O/c1-16-6-4-2-3-5(8(10,11)12)7(6)9(13,14)15/h2-4H,1H3. The zero-order valence-corrected chi connectivity index (χ0v) is 7.91. The van der Waals surface area contributed by atoms with E-state index in [2.05, 4.69) is 4.74 Å². The fourth-order valence-electron chi connectivity index (χ4n) is 1.23. The third-order valence-corrected chi connectivity index (χ3v) is 1.84. The van der Waals surface area contributed by atoms with E-state index >= 15 is 0 Å². The van der Waals surface area contributed by atoms with Gasteiger partial charge in [0.05, 0.1) is 12.7 Å². The molecule has 7 heteroatoms. The third kappa shape index (κ3) is 2.40. The van der Waals surface area contributed by atoms with E-state index in [1.54, 1.807) is 0 Å². The van der Waals surface area contributed by atoms with Crippen LogP contribution in [0.25, 0.3) is 0 Å². The highest BCUT2D eigenvalue weighted by Gasteiger charge is 2.45. The van der Waals surface area contributed by atoms with Crippen LogP contribution < -0.4 is 4.74 Å². The van der Waals surface area contributed by atoms with Crippen LogP contribution in [0, 0.1) is 0 Å². The van der Waals surface area contributed by atoms with Gasteiger partial charge in [-0.2, -0.15) is 26.3 Å². The van der Waals surface area contributed by atoms with E-state index < -0.39 is 29.2 Å². The first kappa shape index (κ1) is 12.7. The Morgan fingerprint density at radius 3 is 1.88 bits per heavy atom. The molecule has 90 valence electrons. The Hall–Kier alpha value is -1.40. The number of ether oxygens (including phenoxy) is 1. The minimum absolute atomic E-state index is 0.366. The van der Waals surface area contributed by atoms with Gasteiger partial charge in [-0.05, 0) is 12.1 Å². The highest BCUT2D eigenvalue weighted by molar-refractivity contribution is 5.43. The Morgan fingerprint density at radius 2 is 1.50 bits per heavy atom. The van der Waals surface area contributed by atoms with Crippen molar-refractivity contribution in [1.82, 2.24) is 0 Å². The fraction of sp³-hybridized carbons (Fsp3) is 0.333. The summed E-state index contributed by atoms with van der Waals surface area (Å²) in [6.07, 6.45) is -10.2. The van der Waals surface area contributed by atoms with Crippen LogP contribution in [0.5, 0.6) is 5.75 Å². The molecule has 0 amide bonds. The molecule has 1 rings (SSSR count). The highest BCUT2D eigenvalue weighted by atomic mass is 19.4. The zero-order valence-electron chi connectivity index (χ0n) is 7.91. The molecule has 0 heterocycles. The van der Waals surface area contributed by atoms with Crippen LogP contribution in [0.1, 0.15) is 11.1 Å². The fourth-order valence-corrected chi connectivity index (χ4v) is 1.23. The molecule has 1 aromatic carbocycles. The molecule has 0 aliphatic heterocycles. The van der Waals surface area contributed by atoms with Crippen LogP contribution in [0.3, 0.4) is 0 Å². The van der Waals surface area contributed by atoms with Crippen LogP contribution in [0.4, 0.5) is 26.3 Å². The molecule has 1 aromatic rings. The molecule has 16 heavy (non-hydrogen) atoms. The normalized spacial score (nSPS) is 12.7.